The lowest BCUT2D eigenvalue weighted by atomic mass is 9.99. The van der Waals surface area contributed by atoms with Crippen molar-refractivity contribution in [2.45, 2.75) is 0 Å². The number of ether oxygens (including phenoxy) is 1. The molecule has 1 aromatic carbocycles. The Morgan fingerprint density at radius 3 is 2.75 bits per heavy atom. The zero-order valence-electron chi connectivity index (χ0n) is 13.0. The fourth-order valence-corrected chi connectivity index (χ4v) is 2.77. The van der Waals surface area contributed by atoms with E-state index in [1.54, 1.807) is 36.9 Å². The number of rotatable bonds is 4. The number of carbonyl (C=O) groups is 1. The van der Waals surface area contributed by atoms with E-state index in [1.807, 2.05) is 23.1 Å². The lowest BCUT2D eigenvalue weighted by Crippen LogP contribution is -2.52. The number of nitrogens with zero attached hydrogens (tertiary/aromatic N) is 4. The molecule has 0 N–H and O–H groups in total. The van der Waals surface area contributed by atoms with Crippen LogP contribution in [-0.2, 0) is 0 Å². The maximum Gasteiger partial charge on any atom is 0.253 e. The molecule has 0 atom stereocenters. The summed E-state index contributed by atoms with van der Waals surface area (Å²) in [6.07, 6.45) is 6.68. The molecule has 120 valence electrons. The van der Waals surface area contributed by atoms with Gasteiger partial charge in [0, 0.05) is 43.2 Å². The van der Waals surface area contributed by atoms with Crippen molar-refractivity contribution in [1.82, 2.24) is 19.9 Å². The Bertz CT molecular complexity index is 863. The molecule has 0 saturated carbocycles. The zero-order valence-corrected chi connectivity index (χ0v) is 13.0. The van der Waals surface area contributed by atoms with Crippen LogP contribution in [0, 0.1) is 5.92 Å². The van der Waals surface area contributed by atoms with Crippen LogP contribution in [0.5, 0.6) is 5.75 Å². The molecule has 0 radical (unpaired) electrons. The van der Waals surface area contributed by atoms with E-state index in [2.05, 4.69) is 15.0 Å². The molecule has 1 aliphatic heterocycles. The van der Waals surface area contributed by atoms with Crippen LogP contribution in [0.3, 0.4) is 0 Å². The first-order chi connectivity index (χ1) is 11.8. The van der Waals surface area contributed by atoms with Gasteiger partial charge in [0.05, 0.1) is 23.8 Å². The standard InChI is InChI=1S/C18H16N4O2/c23-18(14-3-4-16-17(8-14)21-7-6-20-16)22-10-13(11-22)12-24-15-2-1-5-19-9-15/h1-9,13H,10-12H2. The SMILES string of the molecule is O=C(c1ccc2nccnc2c1)N1CC(COc2cccnc2)C1. The molecule has 3 heterocycles. The summed E-state index contributed by atoms with van der Waals surface area (Å²) in [5, 5.41) is 0. The average molecular weight is 320 g/mol. The molecule has 2 aromatic heterocycles. The van der Waals surface area contributed by atoms with Crippen LogP contribution < -0.4 is 4.74 Å². The molecular weight excluding hydrogens is 304 g/mol. The maximum absolute atomic E-state index is 12.5. The van der Waals surface area contributed by atoms with Gasteiger partial charge in [-0.15, -0.1) is 0 Å². The van der Waals surface area contributed by atoms with E-state index >= 15 is 0 Å². The summed E-state index contributed by atoms with van der Waals surface area (Å²) in [7, 11) is 0. The van der Waals surface area contributed by atoms with Crippen LogP contribution in [0.2, 0.25) is 0 Å². The first-order valence-corrected chi connectivity index (χ1v) is 7.82. The molecule has 1 saturated heterocycles. The van der Waals surface area contributed by atoms with Crippen molar-refractivity contribution in [3.63, 3.8) is 0 Å². The highest BCUT2D eigenvalue weighted by molar-refractivity contribution is 5.97. The van der Waals surface area contributed by atoms with Crippen LogP contribution in [0.15, 0.2) is 55.1 Å². The molecule has 24 heavy (non-hydrogen) atoms. The summed E-state index contributed by atoms with van der Waals surface area (Å²) >= 11 is 0. The molecule has 0 aliphatic carbocycles. The fourth-order valence-electron chi connectivity index (χ4n) is 2.77. The molecule has 0 bridgehead atoms. The maximum atomic E-state index is 12.5. The fraction of sp³-hybridized carbons (Fsp3) is 0.222. The van der Waals surface area contributed by atoms with Crippen molar-refractivity contribution >= 4 is 16.9 Å². The Morgan fingerprint density at radius 2 is 1.96 bits per heavy atom. The molecule has 1 amide bonds. The molecule has 4 rings (SSSR count). The van der Waals surface area contributed by atoms with Gasteiger partial charge in [-0.2, -0.15) is 0 Å². The molecular formula is C18H16N4O2. The second-order valence-electron chi connectivity index (χ2n) is 5.84. The van der Waals surface area contributed by atoms with E-state index in [9.17, 15) is 4.79 Å². The summed E-state index contributed by atoms with van der Waals surface area (Å²) in [5.41, 5.74) is 2.18. The summed E-state index contributed by atoms with van der Waals surface area (Å²) in [6, 6.07) is 9.15. The summed E-state index contributed by atoms with van der Waals surface area (Å²) in [6.45, 7) is 2.01. The van der Waals surface area contributed by atoms with Gasteiger partial charge in [0.1, 0.15) is 5.75 Å². The lowest BCUT2D eigenvalue weighted by molar-refractivity contribution is 0.0393. The van der Waals surface area contributed by atoms with Gasteiger partial charge in [0.2, 0.25) is 0 Å². The van der Waals surface area contributed by atoms with Gasteiger partial charge in [-0.1, -0.05) is 0 Å². The number of hydrogen-bond acceptors (Lipinski definition) is 5. The van der Waals surface area contributed by atoms with Crippen molar-refractivity contribution in [2.75, 3.05) is 19.7 Å². The number of likely N-dealkylation sites (tertiary alicyclic amines) is 1. The molecule has 3 aromatic rings. The van der Waals surface area contributed by atoms with E-state index in [0.717, 1.165) is 16.8 Å². The van der Waals surface area contributed by atoms with Gasteiger partial charge in [0.25, 0.3) is 5.91 Å². The molecule has 6 nitrogen and oxygen atoms in total. The summed E-state index contributed by atoms with van der Waals surface area (Å²) in [4.78, 5) is 26.8. The van der Waals surface area contributed by atoms with Crippen LogP contribution >= 0.6 is 0 Å². The number of benzene rings is 1. The number of fused-ring (bicyclic) bond motifs is 1. The van der Waals surface area contributed by atoms with Crippen molar-refractivity contribution in [2.24, 2.45) is 5.92 Å². The highest BCUT2D eigenvalue weighted by Gasteiger charge is 2.31. The Kier molecular flexibility index (Phi) is 3.78. The van der Waals surface area contributed by atoms with E-state index in [-0.39, 0.29) is 5.91 Å². The van der Waals surface area contributed by atoms with Crippen LogP contribution in [0.1, 0.15) is 10.4 Å². The average Bonchev–Trinajstić information content (AvgIpc) is 2.60. The lowest BCUT2D eigenvalue weighted by Gasteiger charge is -2.39. The van der Waals surface area contributed by atoms with E-state index in [4.69, 9.17) is 4.74 Å². The van der Waals surface area contributed by atoms with E-state index < -0.39 is 0 Å². The minimum absolute atomic E-state index is 0.0279. The monoisotopic (exact) mass is 320 g/mol. The quantitative estimate of drug-likeness (QED) is 0.737. The minimum Gasteiger partial charge on any atom is -0.492 e. The first-order valence-electron chi connectivity index (χ1n) is 7.82. The Balaban J connectivity index is 1.35. The largest absolute Gasteiger partial charge is 0.492 e. The third kappa shape index (κ3) is 2.90. The van der Waals surface area contributed by atoms with Crippen molar-refractivity contribution < 1.29 is 9.53 Å². The Morgan fingerprint density at radius 1 is 1.12 bits per heavy atom. The second-order valence-corrected chi connectivity index (χ2v) is 5.84. The summed E-state index contributed by atoms with van der Waals surface area (Å²) < 4.78 is 5.68. The predicted molar refractivity (Wildman–Crippen MR) is 88.7 cm³/mol. The van der Waals surface area contributed by atoms with Gasteiger partial charge in [-0.05, 0) is 30.3 Å². The number of amides is 1. The third-order valence-electron chi connectivity index (χ3n) is 4.08. The first kappa shape index (κ1) is 14.6. The smallest absolute Gasteiger partial charge is 0.253 e. The highest BCUT2D eigenvalue weighted by atomic mass is 16.5. The van der Waals surface area contributed by atoms with Gasteiger partial charge >= 0.3 is 0 Å². The van der Waals surface area contributed by atoms with Gasteiger partial charge < -0.3 is 9.64 Å². The Hall–Kier alpha value is -3.02. The van der Waals surface area contributed by atoms with E-state index in [1.165, 1.54) is 0 Å². The molecule has 1 fully saturated rings. The van der Waals surface area contributed by atoms with E-state index in [0.29, 0.717) is 31.2 Å². The third-order valence-corrected chi connectivity index (χ3v) is 4.08. The highest BCUT2D eigenvalue weighted by Crippen LogP contribution is 2.21. The molecule has 1 aliphatic rings. The van der Waals surface area contributed by atoms with Crippen LogP contribution in [0.4, 0.5) is 0 Å². The number of carbonyl (C=O) groups excluding carboxylic acids is 1. The summed E-state index contributed by atoms with van der Waals surface area (Å²) in [5.74, 6) is 1.14. The number of hydrogen-bond donors (Lipinski definition) is 0. The van der Waals surface area contributed by atoms with Crippen LogP contribution in [-0.4, -0.2) is 45.5 Å². The topological polar surface area (TPSA) is 68.2 Å². The normalized spacial score (nSPS) is 14.4. The van der Waals surface area contributed by atoms with Crippen molar-refractivity contribution in [1.29, 1.82) is 0 Å². The molecule has 0 unspecified atom stereocenters. The Labute approximate surface area is 139 Å². The van der Waals surface area contributed by atoms with Crippen molar-refractivity contribution in [3.05, 3.63) is 60.7 Å². The van der Waals surface area contributed by atoms with Crippen molar-refractivity contribution in [3.8, 4) is 5.75 Å². The van der Waals surface area contributed by atoms with Gasteiger partial charge in [0.15, 0.2) is 0 Å². The molecule has 0 spiro atoms. The number of aromatic nitrogens is 3. The molecule has 6 heteroatoms. The van der Waals surface area contributed by atoms with Crippen LogP contribution in [0.25, 0.3) is 11.0 Å². The predicted octanol–water partition coefficient (Wildman–Crippen LogP) is 2.18. The second kappa shape index (κ2) is 6.23. The van der Waals surface area contributed by atoms with Gasteiger partial charge in [-0.3, -0.25) is 19.7 Å². The zero-order chi connectivity index (χ0) is 16.4. The van der Waals surface area contributed by atoms with Gasteiger partial charge in [-0.25, -0.2) is 0 Å². The minimum atomic E-state index is 0.0279. The number of pyridine rings is 1.